The van der Waals surface area contributed by atoms with Gasteiger partial charge >= 0.3 is 0 Å². The number of aliphatic hydroxyl groups excluding tert-OH is 1. The number of hydrogen-bond donors (Lipinski definition) is 3. The predicted molar refractivity (Wildman–Crippen MR) is 147 cm³/mol. The molecule has 1 fully saturated rings. The molecule has 12 heteroatoms. The van der Waals surface area contributed by atoms with E-state index in [1.54, 1.807) is 19.4 Å². The zero-order valence-corrected chi connectivity index (χ0v) is 23.3. The van der Waals surface area contributed by atoms with Crippen LogP contribution in [0.4, 0.5) is 18.9 Å². The number of hydroxylamine groups is 1. The highest BCUT2D eigenvalue weighted by molar-refractivity contribution is 5.88. The first-order chi connectivity index (χ1) is 19.6. The van der Waals surface area contributed by atoms with Crippen LogP contribution >= 0.6 is 0 Å². The van der Waals surface area contributed by atoms with Crippen molar-refractivity contribution in [1.82, 2.24) is 15.4 Å². The summed E-state index contributed by atoms with van der Waals surface area (Å²) in [4.78, 5) is 21.3. The van der Waals surface area contributed by atoms with Gasteiger partial charge in [-0.15, -0.1) is 0 Å². The number of carbonyl (C=O) groups excluding carboxylic acids is 1. The molecule has 1 aromatic heterocycles. The number of rotatable bonds is 11. The van der Waals surface area contributed by atoms with Crippen molar-refractivity contribution in [2.45, 2.75) is 31.8 Å². The molecule has 0 radical (unpaired) electrons. The maximum Gasteiger partial charge on any atom is 0.249 e. The minimum atomic E-state index is -1.55. The summed E-state index contributed by atoms with van der Waals surface area (Å²) in [5.41, 5.74) is 3.03. The van der Waals surface area contributed by atoms with Gasteiger partial charge in [0.15, 0.2) is 17.5 Å². The molecule has 2 heterocycles. The molecule has 0 spiro atoms. The number of carbonyl (C=O) groups is 1. The first-order valence-electron chi connectivity index (χ1n) is 13.3. The Kier molecular flexibility index (Phi) is 9.57. The fourth-order valence-corrected chi connectivity index (χ4v) is 5.39. The van der Waals surface area contributed by atoms with E-state index in [1.807, 2.05) is 41.5 Å². The molecule has 2 aromatic carbocycles. The van der Waals surface area contributed by atoms with Crippen LogP contribution in [0.2, 0.25) is 0 Å². The summed E-state index contributed by atoms with van der Waals surface area (Å²) in [6.45, 7) is 1.51. The number of methoxy groups -OCH3 is 1. The van der Waals surface area contributed by atoms with Crippen LogP contribution in [0.1, 0.15) is 37.4 Å². The molecule has 9 nitrogen and oxygen atoms in total. The highest BCUT2D eigenvalue weighted by Crippen LogP contribution is 2.41. The number of hydrogen-bond acceptors (Lipinski definition) is 8. The maximum atomic E-state index is 13.4. The molecule has 3 aromatic rings. The lowest BCUT2D eigenvalue weighted by Crippen LogP contribution is -2.49. The van der Waals surface area contributed by atoms with Gasteiger partial charge in [0.25, 0.3) is 0 Å². The van der Waals surface area contributed by atoms with Crippen LogP contribution < -0.4 is 19.9 Å². The second-order valence-corrected chi connectivity index (χ2v) is 10.5. The lowest BCUT2D eigenvalue weighted by atomic mass is 9.73. The monoisotopic (exact) mass is 576 g/mol. The van der Waals surface area contributed by atoms with E-state index in [0.717, 1.165) is 23.2 Å². The molecular formula is C29H35F3N4O5. The average Bonchev–Trinajstić information content (AvgIpc) is 2.97. The fraction of sp³-hybridized carbons (Fsp3) is 0.448. The molecule has 1 aliphatic heterocycles. The molecule has 41 heavy (non-hydrogen) atoms. The molecule has 0 saturated carbocycles. The smallest absolute Gasteiger partial charge is 0.249 e. The Bertz CT molecular complexity index is 1360. The van der Waals surface area contributed by atoms with Gasteiger partial charge in [0.1, 0.15) is 18.1 Å². The molecule has 3 N–H and O–H groups in total. The Morgan fingerprint density at radius 1 is 1.15 bits per heavy atom. The lowest BCUT2D eigenvalue weighted by molar-refractivity contribution is -0.143. The van der Waals surface area contributed by atoms with E-state index in [2.05, 4.69) is 4.98 Å². The highest BCUT2D eigenvalue weighted by atomic mass is 19.2. The van der Waals surface area contributed by atoms with Gasteiger partial charge in [-0.2, -0.15) is 0 Å². The number of anilines is 1. The summed E-state index contributed by atoms with van der Waals surface area (Å²) >= 11 is 0. The summed E-state index contributed by atoms with van der Waals surface area (Å²) in [7, 11) is 5.30. The summed E-state index contributed by atoms with van der Waals surface area (Å²) in [6, 6.07) is 7.05. The van der Waals surface area contributed by atoms with Gasteiger partial charge in [-0.05, 0) is 57.0 Å². The van der Waals surface area contributed by atoms with E-state index >= 15 is 0 Å². The lowest BCUT2D eigenvalue weighted by Gasteiger charge is -2.40. The van der Waals surface area contributed by atoms with Crippen LogP contribution in [0.5, 0.6) is 11.5 Å². The van der Waals surface area contributed by atoms with E-state index in [1.165, 1.54) is 0 Å². The Morgan fingerprint density at radius 3 is 2.44 bits per heavy atom. The summed E-state index contributed by atoms with van der Waals surface area (Å²) in [6.07, 6.45) is 2.19. The Labute approximate surface area is 236 Å². The number of pyridine rings is 1. The van der Waals surface area contributed by atoms with E-state index in [9.17, 15) is 28.3 Å². The molecule has 0 bridgehead atoms. The summed E-state index contributed by atoms with van der Waals surface area (Å²) in [5, 5.41) is 21.7. The Hall–Kier alpha value is -3.61. The first-order valence-corrected chi connectivity index (χ1v) is 13.3. The third-order valence-corrected chi connectivity index (χ3v) is 7.84. The maximum absolute atomic E-state index is 13.4. The van der Waals surface area contributed by atoms with E-state index < -0.39 is 34.9 Å². The quantitative estimate of drug-likeness (QED) is 0.177. The van der Waals surface area contributed by atoms with Gasteiger partial charge in [-0.3, -0.25) is 19.9 Å². The minimum Gasteiger partial charge on any atom is -0.497 e. The van der Waals surface area contributed by atoms with Crippen LogP contribution in [-0.2, 0) is 4.79 Å². The topological polar surface area (TPSA) is 107 Å². The Morgan fingerprint density at radius 2 is 1.83 bits per heavy atom. The zero-order chi connectivity index (χ0) is 29.7. The van der Waals surface area contributed by atoms with Crippen molar-refractivity contribution >= 4 is 22.5 Å². The molecule has 222 valence electrons. The number of halogens is 3. The number of amides is 1. The van der Waals surface area contributed by atoms with Gasteiger partial charge in [-0.1, -0.05) is 0 Å². The van der Waals surface area contributed by atoms with Crippen molar-refractivity contribution in [3.63, 3.8) is 0 Å². The number of benzene rings is 2. The first kappa shape index (κ1) is 30.4. The SMILES string of the molecule is COc1ccc2ncc(N(C)C)c(C(O)CCC3(C(=O)NO)CCN(CCOc4cc(F)c(F)c(F)c4)CC3)c2c1. The number of ether oxygens (including phenoxy) is 2. The number of aliphatic hydroxyl groups is 1. The molecule has 1 atom stereocenters. The second-order valence-electron chi connectivity index (χ2n) is 10.5. The molecule has 1 unspecified atom stereocenters. The molecule has 1 saturated heterocycles. The number of piperidine rings is 1. The van der Waals surface area contributed by atoms with E-state index in [4.69, 9.17) is 9.47 Å². The van der Waals surface area contributed by atoms with Gasteiger partial charge in [-0.25, -0.2) is 18.7 Å². The Balaban J connectivity index is 1.43. The third kappa shape index (κ3) is 6.66. The van der Waals surface area contributed by atoms with Gasteiger partial charge in [0, 0.05) is 43.7 Å². The number of fused-ring (bicyclic) bond motifs is 1. The molecule has 4 rings (SSSR count). The second kappa shape index (κ2) is 12.9. The third-order valence-electron chi connectivity index (χ3n) is 7.84. The predicted octanol–water partition coefficient (Wildman–Crippen LogP) is 4.21. The van der Waals surface area contributed by atoms with Crippen molar-refractivity contribution in [3.05, 3.63) is 59.5 Å². The van der Waals surface area contributed by atoms with Gasteiger partial charge in [0.05, 0.1) is 36.0 Å². The fourth-order valence-electron chi connectivity index (χ4n) is 5.39. The number of likely N-dealkylation sites (tertiary alicyclic amines) is 1. The van der Waals surface area contributed by atoms with Crippen LogP contribution in [0.3, 0.4) is 0 Å². The van der Waals surface area contributed by atoms with E-state index in [-0.39, 0.29) is 18.8 Å². The number of nitrogens with one attached hydrogen (secondary N) is 1. The summed E-state index contributed by atoms with van der Waals surface area (Å²) < 4.78 is 50.8. The minimum absolute atomic E-state index is 0.105. The molecule has 1 aliphatic rings. The number of nitrogens with zero attached hydrogens (tertiary/aromatic N) is 3. The highest BCUT2D eigenvalue weighted by Gasteiger charge is 2.41. The van der Waals surface area contributed by atoms with Crippen molar-refractivity contribution in [3.8, 4) is 11.5 Å². The number of aromatic nitrogens is 1. The normalized spacial score (nSPS) is 15.9. The van der Waals surface area contributed by atoms with Crippen molar-refractivity contribution < 1.29 is 37.8 Å². The molecule has 1 amide bonds. The summed E-state index contributed by atoms with van der Waals surface area (Å²) in [5.74, 6) is -4.18. The van der Waals surface area contributed by atoms with Crippen LogP contribution in [0.25, 0.3) is 10.9 Å². The zero-order valence-electron chi connectivity index (χ0n) is 23.3. The van der Waals surface area contributed by atoms with Gasteiger partial charge < -0.3 is 19.5 Å². The van der Waals surface area contributed by atoms with E-state index in [0.29, 0.717) is 55.7 Å². The van der Waals surface area contributed by atoms with Crippen molar-refractivity contribution in [2.24, 2.45) is 5.41 Å². The van der Waals surface area contributed by atoms with Crippen molar-refractivity contribution in [2.75, 3.05) is 52.3 Å². The molecule has 0 aliphatic carbocycles. The van der Waals surface area contributed by atoms with Crippen molar-refractivity contribution in [1.29, 1.82) is 0 Å². The van der Waals surface area contributed by atoms with Gasteiger partial charge in [0.2, 0.25) is 5.91 Å². The van der Waals surface area contributed by atoms with Crippen LogP contribution in [-0.4, -0.2) is 73.6 Å². The standard InChI is InChI=1S/C29H35F3N4O5/c1-35(2)24-17-33-23-5-4-18(40-3)14-20(23)26(24)25(37)6-7-29(28(38)34-39)8-10-36(11-9-29)12-13-41-19-15-21(30)27(32)22(31)16-19/h4-5,14-17,25,37,39H,6-13H2,1-3H3,(H,34,38). The molecular weight excluding hydrogens is 541 g/mol. The van der Waals surface area contributed by atoms with Crippen LogP contribution in [0, 0.1) is 22.9 Å². The average molecular weight is 577 g/mol. The largest absolute Gasteiger partial charge is 0.497 e. The van der Waals surface area contributed by atoms with Crippen LogP contribution in [0.15, 0.2) is 36.5 Å².